The smallest absolute Gasteiger partial charge is 0.417 e. The number of ether oxygens (including phenoxy) is 2. The van der Waals surface area contributed by atoms with Crippen LogP contribution in [0, 0.1) is 5.92 Å². The van der Waals surface area contributed by atoms with Gasteiger partial charge in [0, 0.05) is 49.1 Å². The van der Waals surface area contributed by atoms with E-state index in [4.69, 9.17) is 21.1 Å². The van der Waals surface area contributed by atoms with E-state index in [-0.39, 0.29) is 19.0 Å². The van der Waals surface area contributed by atoms with E-state index in [2.05, 4.69) is 9.80 Å². The molecule has 0 radical (unpaired) electrons. The molecule has 2 aliphatic rings. The molecule has 2 aliphatic heterocycles. The second-order valence-electron chi connectivity index (χ2n) is 11.4. The van der Waals surface area contributed by atoms with E-state index < -0.39 is 40.4 Å². The van der Waals surface area contributed by atoms with Gasteiger partial charge in [0.25, 0.3) is 0 Å². The number of fused-ring (bicyclic) bond motifs is 2. The van der Waals surface area contributed by atoms with Crippen molar-refractivity contribution in [3.8, 4) is 5.75 Å². The van der Waals surface area contributed by atoms with Crippen LogP contribution in [-0.2, 0) is 21.9 Å². The maximum atomic E-state index is 13.5. The highest BCUT2D eigenvalue weighted by Gasteiger charge is 2.35. The van der Waals surface area contributed by atoms with Crippen LogP contribution in [0.15, 0.2) is 70.5 Å². The second kappa shape index (κ2) is 15.0. The van der Waals surface area contributed by atoms with E-state index in [0.29, 0.717) is 18.8 Å². The first-order valence-electron chi connectivity index (χ1n) is 15.2. The van der Waals surface area contributed by atoms with E-state index >= 15 is 0 Å². The van der Waals surface area contributed by atoms with Crippen molar-refractivity contribution in [3.05, 3.63) is 76.8 Å². The molecular weight excluding hydrogens is 668 g/mol. The van der Waals surface area contributed by atoms with Crippen LogP contribution in [0.5, 0.6) is 5.75 Å². The van der Waals surface area contributed by atoms with Crippen LogP contribution in [0.4, 0.5) is 37.7 Å². The molecule has 0 saturated carbocycles. The maximum absolute atomic E-state index is 13.5. The highest BCUT2D eigenvalue weighted by atomic mass is 35.5. The zero-order valence-corrected chi connectivity index (χ0v) is 27.1. The summed E-state index contributed by atoms with van der Waals surface area (Å²) < 4.78 is 90.5. The van der Waals surface area contributed by atoms with Gasteiger partial charge in [-0.1, -0.05) is 41.6 Å². The molecule has 254 valence electrons. The zero-order chi connectivity index (χ0) is 33.8. The number of rotatable bonds is 11. The minimum absolute atomic E-state index is 0.154. The summed E-state index contributed by atoms with van der Waals surface area (Å²) in [6.45, 7) is 6.59. The quantitative estimate of drug-likeness (QED) is 0.147. The molecule has 2 heterocycles. The Morgan fingerprint density at radius 2 is 1.53 bits per heavy atom. The molecule has 0 aliphatic carbocycles. The standard InChI is InChI=1S/C33H34ClF6N3O3S/c1-22(21-46-27-8-4-6-24(30(27)34)33(38,39)40)31(44)45-19-18-42-16-14-41(15-17-42)12-5-13-43-25-7-2-3-9-28(25)47-29-11-10-23(20-26(29)43)32(35,36)37/h2-4,6-11,20,22H,5,12-19,21H2,1H3. The third-order valence-corrected chi connectivity index (χ3v) is 9.61. The Kier molecular flexibility index (Phi) is 11.2. The molecule has 1 saturated heterocycles. The Balaban J connectivity index is 1.04. The largest absolute Gasteiger partial charge is 0.491 e. The molecule has 5 rings (SSSR count). The number of para-hydroxylation sites is 1. The summed E-state index contributed by atoms with van der Waals surface area (Å²) in [5, 5.41) is -0.555. The normalized spacial score (nSPS) is 16.4. The first-order chi connectivity index (χ1) is 22.3. The van der Waals surface area contributed by atoms with E-state index in [1.54, 1.807) is 13.0 Å². The molecule has 0 amide bonds. The average molecular weight is 702 g/mol. The minimum Gasteiger partial charge on any atom is -0.491 e. The van der Waals surface area contributed by atoms with Crippen LogP contribution in [0.3, 0.4) is 0 Å². The van der Waals surface area contributed by atoms with Crippen LogP contribution >= 0.6 is 23.4 Å². The monoisotopic (exact) mass is 701 g/mol. The zero-order valence-electron chi connectivity index (χ0n) is 25.5. The summed E-state index contributed by atoms with van der Waals surface area (Å²) >= 11 is 7.33. The molecule has 1 fully saturated rings. The van der Waals surface area contributed by atoms with Gasteiger partial charge in [-0.2, -0.15) is 26.3 Å². The highest BCUT2D eigenvalue weighted by molar-refractivity contribution is 7.99. The van der Waals surface area contributed by atoms with Crippen molar-refractivity contribution in [2.24, 2.45) is 5.92 Å². The summed E-state index contributed by atoms with van der Waals surface area (Å²) in [6.07, 6.45) is -8.28. The van der Waals surface area contributed by atoms with Crippen molar-refractivity contribution >= 4 is 40.7 Å². The molecule has 3 aromatic carbocycles. The average Bonchev–Trinajstić information content (AvgIpc) is 3.03. The Morgan fingerprint density at radius 1 is 0.851 bits per heavy atom. The maximum Gasteiger partial charge on any atom is 0.417 e. The van der Waals surface area contributed by atoms with E-state index in [1.165, 1.54) is 30.0 Å². The van der Waals surface area contributed by atoms with Gasteiger partial charge in [-0.25, -0.2) is 0 Å². The number of esters is 1. The third kappa shape index (κ3) is 8.87. The van der Waals surface area contributed by atoms with Gasteiger partial charge in [0.15, 0.2) is 0 Å². The van der Waals surface area contributed by atoms with Crippen molar-refractivity contribution < 1.29 is 40.6 Å². The van der Waals surface area contributed by atoms with Crippen molar-refractivity contribution in [2.75, 3.05) is 63.9 Å². The first-order valence-corrected chi connectivity index (χ1v) is 16.4. The van der Waals surface area contributed by atoms with Gasteiger partial charge in [-0.15, -0.1) is 0 Å². The molecule has 0 bridgehead atoms. The fourth-order valence-electron chi connectivity index (χ4n) is 5.48. The van der Waals surface area contributed by atoms with Crippen molar-refractivity contribution in [3.63, 3.8) is 0 Å². The highest BCUT2D eigenvalue weighted by Crippen LogP contribution is 2.49. The lowest BCUT2D eigenvalue weighted by atomic mass is 10.1. The number of hydrogen-bond donors (Lipinski definition) is 0. The lowest BCUT2D eigenvalue weighted by Gasteiger charge is -2.36. The van der Waals surface area contributed by atoms with Gasteiger partial charge < -0.3 is 19.3 Å². The van der Waals surface area contributed by atoms with Gasteiger partial charge in [-0.3, -0.25) is 9.69 Å². The van der Waals surface area contributed by atoms with Crippen LogP contribution in [0.1, 0.15) is 24.5 Å². The van der Waals surface area contributed by atoms with E-state index in [0.717, 1.165) is 66.8 Å². The lowest BCUT2D eigenvalue weighted by Crippen LogP contribution is -2.47. The molecule has 0 spiro atoms. The van der Waals surface area contributed by atoms with Gasteiger partial charge >= 0.3 is 18.3 Å². The van der Waals surface area contributed by atoms with Crippen LogP contribution in [0.25, 0.3) is 0 Å². The summed E-state index contributed by atoms with van der Waals surface area (Å²) in [7, 11) is 0. The Bertz CT molecular complexity index is 1550. The summed E-state index contributed by atoms with van der Waals surface area (Å²) in [4.78, 5) is 20.7. The van der Waals surface area contributed by atoms with E-state index in [1.807, 2.05) is 29.2 Å². The molecule has 0 N–H and O–H groups in total. The molecule has 6 nitrogen and oxygen atoms in total. The van der Waals surface area contributed by atoms with Gasteiger partial charge in [0.2, 0.25) is 0 Å². The SMILES string of the molecule is CC(COc1cccc(C(F)(F)F)c1Cl)C(=O)OCCN1CCN(CCCN2c3ccccc3Sc3ccc(C(F)(F)F)cc32)CC1. The van der Waals surface area contributed by atoms with Crippen molar-refractivity contribution in [1.82, 2.24) is 9.80 Å². The van der Waals surface area contributed by atoms with Crippen LogP contribution in [-0.4, -0.2) is 74.8 Å². The Morgan fingerprint density at radius 3 is 2.23 bits per heavy atom. The van der Waals surface area contributed by atoms with Gasteiger partial charge in [-0.05, 0) is 62.4 Å². The molecule has 47 heavy (non-hydrogen) atoms. The number of anilines is 2. The van der Waals surface area contributed by atoms with Gasteiger partial charge in [0.05, 0.1) is 33.4 Å². The Hall–Kier alpha value is -3.13. The van der Waals surface area contributed by atoms with Crippen molar-refractivity contribution in [2.45, 2.75) is 35.5 Å². The molecule has 0 aromatic heterocycles. The predicted octanol–water partition coefficient (Wildman–Crippen LogP) is 8.25. The number of halogens is 7. The van der Waals surface area contributed by atoms with E-state index in [9.17, 15) is 31.1 Å². The molecule has 14 heteroatoms. The number of benzene rings is 3. The molecule has 3 aromatic rings. The fourth-order valence-corrected chi connectivity index (χ4v) is 6.84. The molecule has 1 unspecified atom stereocenters. The third-order valence-electron chi connectivity index (χ3n) is 8.09. The fraction of sp³-hybridized carbons (Fsp3) is 0.424. The second-order valence-corrected chi connectivity index (χ2v) is 12.9. The van der Waals surface area contributed by atoms with Crippen LogP contribution in [0.2, 0.25) is 5.02 Å². The number of nitrogens with zero attached hydrogens (tertiary/aromatic N) is 3. The number of piperazine rings is 1. The number of carbonyl (C=O) groups excluding carboxylic acids is 1. The minimum atomic E-state index is -4.62. The van der Waals surface area contributed by atoms with Crippen molar-refractivity contribution in [1.29, 1.82) is 0 Å². The first kappa shape index (κ1) is 35.2. The summed E-state index contributed by atoms with van der Waals surface area (Å²) in [5.74, 6) is -1.39. The number of carbonyl (C=O) groups is 1. The van der Waals surface area contributed by atoms with Crippen LogP contribution < -0.4 is 9.64 Å². The Labute approximate surface area is 278 Å². The lowest BCUT2D eigenvalue weighted by molar-refractivity contribution is -0.149. The molecule has 1 atom stereocenters. The van der Waals surface area contributed by atoms with Gasteiger partial charge in [0.1, 0.15) is 19.0 Å². The number of hydrogen-bond acceptors (Lipinski definition) is 7. The predicted molar refractivity (Wildman–Crippen MR) is 169 cm³/mol. The topological polar surface area (TPSA) is 45.3 Å². The number of alkyl halides is 6. The molecular formula is C33H34ClF6N3O3S. The summed E-state index contributed by atoms with van der Waals surface area (Å²) in [5.41, 5.74) is -0.189. The summed E-state index contributed by atoms with van der Waals surface area (Å²) in [6, 6.07) is 15.0.